The number of hydrogen-bond acceptors (Lipinski definition) is 4. The van der Waals surface area contributed by atoms with Crippen molar-refractivity contribution in [3.05, 3.63) is 47.1 Å². The number of rotatable bonds is 6. The molecule has 3 aromatic rings. The van der Waals surface area contributed by atoms with Gasteiger partial charge < -0.3 is 9.88 Å². The van der Waals surface area contributed by atoms with Crippen molar-refractivity contribution in [3.63, 3.8) is 0 Å². The third-order valence-electron chi connectivity index (χ3n) is 3.64. The Morgan fingerprint density at radius 2 is 2.18 bits per heavy atom. The molecule has 22 heavy (non-hydrogen) atoms. The van der Waals surface area contributed by atoms with Crippen LogP contribution in [0.25, 0.3) is 10.9 Å². The van der Waals surface area contributed by atoms with Crippen LogP contribution in [0, 0.1) is 0 Å². The van der Waals surface area contributed by atoms with E-state index in [1.54, 1.807) is 0 Å². The fourth-order valence-electron chi connectivity index (χ4n) is 2.48. The van der Waals surface area contributed by atoms with Crippen LogP contribution in [0.3, 0.4) is 0 Å². The molecule has 0 unspecified atom stereocenters. The zero-order valence-corrected chi connectivity index (χ0v) is 13.3. The molecule has 0 aliphatic heterocycles. The van der Waals surface area contributed by atoms with E-state index >= 15 is 0 Å². The first-order valence-corrected chi connectivity index (χ1v) is 8.20. The second-order valence-corrected chi connectivity index (χ2v) is 5.83. The summed E-state index contributed by atoms with van der Waals surface area (Å²) in [6.07, 6.45) is 3.71. The highest BCUT2D eigenvalue weighted by Crippen LogP contribution is 2.15. The van der Waals surface area contributed by atoms with Gasteiger partial charge in [-0.05, 0) is 41.9 Å². The molecule has 5 nitrogen and oxygen atoms in total. The molecule has 0 saturated heterocycles. The van der Waals surface area contributed by atoms with Crippen LogP contribution in [0.5, 0.6) is 0 Å². The summed E-state index contributed by atoms with van der Waals surface area (Å²) in [7, 11) is 0. The summed E-state index contributed by atoms with van der Waals surface area (Å²) in [5.41, 5.74) is 2.01. The summed E-state index contributed by atoms with van der Waals surface area (Å²) in [5, 5.41) is 8.16. The highest BCUT2D eigenvalue weighted by Gasteiger charge is 2.14. The molecular formula is C16H18N4OS. The lowest BCUT2D eigenvalue weighted by atomic mass is 10.2. The molecule has 0 aliphatic carbocycles. The number of nitrogens with zero attached hydrogens (tertiary/aromatic N) is 3. The van der Waals surface area contributed by atoms with Crippen LogP contribution in [0.1, 0.15) is 28.7 Å². The van der Waals surface area contributed by atoms with E-state index in [1.807, 2.05) is 19.1 Å². The molecule has 0 fully saturated rings. The number of carbonyl (C=O) groups excluding carboxylic acids is 1. The molecule has 0 radical (unpaired) electrons. The SMILES string of the molecule is CCc1nnsc1C(=O)NCCCn1ccc2ccccc21. The Balaban J connectivity index is 1.52. The Labute approximate surface area is 133 Å². The van der Waals surface area contributed by atoms with Gasteiger partial charge in [0, 0.05) is 24.8 Å². The van der Waals surface area contributed by atoms with Crippen LogP contribution in [-0.4, -0.2) is 26.6 Å². The zero-order valence-electron chi connectivity index (χ0n) is 12.5. The average molecular weight is 314 g/mol. The maximum absolute atomic E-state index is 12.1. The topological polar surface area (TPSA) is 59.8 Å². The summed E-state index contributed by atoms with van der Waals surface area (Å²) in [4.78, 5) is 12.7. The van der Waals surface area contributed by atoms with Crippen molar-refractivity contribution in [2.75, 3.05) is 6.54 Å². The first-order valence-electron chi connectivity index (χ1n) is 7.43. The van der Waals surface area contributed by atoms with Gasteiger partial charge in [0.1, 0.15) is 4.88 Å². The van der Waals surface area contributed by atoms with Crippen LogP contribution >= 0.6 is 11.5 Å². The Hall–Kier alpha value is -2.21. The fraction of sp³-hybridized carbons (Fsp3) is 0.312. The Bertz CT molecular complexity index is 777. The predicted molar refractivity (Wildman–Crippen MR) is 88.2 cm³/mol. The van der Waals surface area contributed by atoms with Crippen LogP contribution in [-0.2, 0) is 13.0 Å². The van der Waals surface area contributed by atoms with Gasteiger partial charge >= 0.3 is 0 Å². The maximum Gasteiger partial charge on any atom is 0.264 e. The largest absolute Gasteiger partial charge is 0.351 e. The summed E-state index contributed by atoms with van der Waals surface area (Å²) in [5.74, 6) is -0.0655. The molecule has 2 heterocycles. The van der Waals surface area contributed by atoms with Crippen molar-refractivity contribution >= 4 is 28.3 Å². The lowest BCUT2D eigenvalue weighted by Crippen LogP contribution is -2.25. The molecule has 1 N–H and O–H groups in total. The Morgan fingerprint density at radius 1 is 1.32 bits per heavy atom. The molecule has 0 spiro atoms. The molecule has 0 bridgehead atoms. The average Bonchev–Trinajstić information content (AvgIpc) is 3.18. The zero-order chi connectivity index (χ0) is 15.4. The van der Waals surface area contributed by atoms with Gasteiger partial charge in [0.2, 0.25) is 0 Å². The van der Waals surface area contributed by atoms with Crippen LogP contribution in [0.15, 0.2) is 36.5 Å². The monoisotopic (exact) mass is 314 g/mol. The minimum atomic E-state index is -0.0655. The van der Waals surface area contributed by atoms with Crippen molar-refractivity contribution in [1.29, 1.82) is 0 Å². The van der Waals surface area contributed by atoms with E-state index in [-0.39, 0.29) is 5.91 Å². The number of nitrogens with one attached hydrogen (secondary N) is 1. The molecule has 1 aromatic carbocycles. The van der Waals surface area contributed by atoms with Gasteiger partial charge in [-0.25, -0.2) is 0 Å². The second kappa shape index (κ2) is 6.70. The molecule has 2 aromatic heterocycles. The van der Waals surface area contributed by atoms with Crippen LogP contribution in [0.2, 0.25) is 0 Å². The third-order valence-corrected chi connectivity index (χ3v) is 4.41. The second-order valence-electron chi connectivity index (χ2n) is 5.08. The number of amides is 1. The van der Waals surface area contributed by atoms with Crippen molar-refractivity contribution in [2.24, 2.45) is 0 Å². The van der Waals surface area contributed by atoms with Gasteiger partial charge in [0.15, 0.2) is 0 Å². The van der Waals surface area contributed by atoms with Crippen molar-refractivity contribution < 1.29 is 4.79 Å². The van der Waals surface area contributed by atoms with Gasteiger partial charge in [-0.1, -0.05) is 29.6 Å². The van der Waals surface area contributed by atoms with Gasteiger partial charge in [-0.3, -0.25) is 4.79 Å². The number of carbonyl (C=O) groups is 1. The number of benzene rings is 1. The van der Waals surface area contributed by atoms with Crippen molar-refractivity contribution in [1.82, 2.24) is 19.5 Å². The lowest BCUT2D eigenvalue weighted by Gasteiger charge is -2.07. The van der Waals surface area contributed by atoms with E-state index in [9.17, 15) is 4.79 Å². The highest BCUT2D eigenvalue weighted by molar-refractivity contribution is 7.08. The van der Waals surface area contributed by atoms with Crippen LogP contribution in [0.4, 0.5) is 0 Å². The van der Waals surface area contributed by atoms with E-state index < -0.39 is 0 Å². The normalized spacial score (nSPS) is 11.0. The molecule has 1 amide bonds. The quantitative estimate of drug-likeness (QED) is 0.712. The Kier molecular flexibility index (Phi) is 4.48. The fourth-order valence-corrected chi connectivity index (χ4v) is 3.15. The summed E-state index contributed by atoms with van der Waals surface area (Å²) >= 11 is 1.16. The van der Waals surface area contributed by atoms with E-state index in [2.05, 4.69) is 43.9 Å². The maximum atomic E-state index is 12.1. The van der Waals surface area contributed by atoms with Gasteiger partial charge in [0.05, 0.1) is 5.69 Å². The minimum Gasteiger partial charge on any atom is -0.351 e. The molecular weight excluding hydrogens is 296 g/mol. The molecule has 0 aliphatic rings. The molecule has 0 saturated carbocycles. The predicted octanol–water partition coefficient (Wildman–Crippen LogP) is 2.88. The molecule has 0 atom stereocenters. The third kappa shape index (κ3) is 3.01. The highest BCUT2D eigenvalue weighted by atomic mass is 32.1. The molecule has 6 heteroatoms. The van der Waals surface area contributed by atoms with E-state index in [4.69, 9.17) is 0 Å². The summed E-state index contributed by atoms with van der Waals surface area (Å²) in [6, 6.07) is 10.4. The minimum absolute atomic E-state index is 0.0655. The van der Waals surface area contributed by atoms with Gasteiger partial charge in [0.25, 0.3) is 5.91 Å². The Morgan fingerprint density at radius 3 is 3.05 bits per heavy atom. The van der Waals surface area contributed by atoms with Crippen LogP contribution < -0.4 is 5.32 Å². The van der Waals surface area contributed by atoms with Crippen molar-refractivity contribution in [2.45, 2.75) is 26.3 Å². The lowest BCUT2D eigenvalue weighted by molar-refractivity contribution is 0.0955. The summed E-state index contributed by atoms with van der Waals surface area (Å²) in [6.45, 7) is 3.51. The number of hydrogen-bond donors (Lipinski definition) is 1. The van der Waals surface area contributed by atoms with E-state index in [0.717, 1.165) is 36.6 Å². The van der Waals surface area contributed by atoms with Crippen molar-refractivity contribution in [3.8, 4) is 0 Å². The first kappa shape index (κ1) is 14.7. The van der Waals surface area contributed by atoms with E-state index in [0.29, 0.717) is 11.4 Å². The van der Waals surface area contributed by atoms with Gasteiger partial charge in [-0.2, -0.15) is 0 Å². The summed E-state index contributed by atoms with van der Waals surface area (Å²) < 4.78 is 6.06. The first-order chi connectivity index (χ1) is 10.8. The number of fused-ring (bicyclic) bond motifs is 1. The number of para-hydroxylation sites is 1. The van der Waals surface area contributed by atoms with E-state index in [1.165, 1.54) is 10.9 Å². The van der Waals surface area contributed by atoms with Gasteiger partial charge in [-0.15, -0.1) is 5.10 Å². The standard InChI is InChI=1S/C16H18N4OS/c1-2-13-15(22-19-18-13)16(21)17-9-5-10-20-11-8-12-6-3-4-7-14(12)20/h3-4,6-8,11H,2,5,9-10H2,1H3,(H,17,21). The molecule has 114 valence electrons. The number of aryl methyl sites for hydroxylation is 2. The number of aromatic nitrogens is 3. The molecule has 3 rings (SSSR count). The smallest absolute Gasteiger partial charge is 0.264 e.